The lowest BCUT2D eigenvalue weighted by Gasteiger charge is -2.17. The Morgan fingerprint density at radius 1 is 1.21 bits per heavy atom. The molecule has 3 heterocycles. The fourth-order valence-electron chi connectivity index (χ4n) is 2.71. The zero-order valence-corrected chi connectivity index (χ0v) is 18.4. The topological polar surface area (TPSA) is 68.5 Å². The van der Waals surface area contributed by atoms with E-state index in [0.29, 0.717) is 22.5 Å². The van der Waals surface area contributed by atoms with Crippen molar-refractivity contribution in [2.45, 2.75) is 32.7 Å². The molecule has 1 aromatic carbocycles. The van der Waals surface area contributed by atoms with Gasteiger partial charge in [-0.15, -0.1) is 21.5 Å². The first-order valence-electron chi connectivity index (χ1n) is 8.82. The molecule has 0 saturated carbocycles. The third-order valence-electron chi connectivity index (χ3n) is 4.34. The molecule has 0 bridgehead atoms. The maximum absolute atomic E-state index is 13.2. The highest BCUT2D eigenvalue weighted by atomic mass is 35.5. The van der Waals surface area contributed by atoms with E-state index in [-0.39, 0.29) is 11.2 Å². The van der Waals surface area contributed by atoms with Gasteiger partial charge in [0.05, 0.1) is 12.0 Å². The van der Waals surface area contributed by atoms with E-state index in [0.717, 1.165) is 21.3 Å². The second kappa shape index (κ2) is 7.81. The van der Waals surface area contributed by atoms with Crippen molar-refractivity contribution in [2.75, 3.05) is 5.32 Å². The van der Waals surface area contributed by atoms with Crippen molar-refractivity contribution in [3.05, 3.63) is 68.0 Å². The van der Waals surface area contributed by atoms with Gasteiger partial charge in [-0.1, -0.05) is 29.0 Å². The van der Waals surface area contributed by atoms with Crippen LogP contribution in [0.5, 0.6) is 0 Å². The summed E-state index contributed by atoms with van der Waals surface area (Å²) in [4.78, 5) is 4.59. The van der Waals surface area contributed by atoms with Crippen LogP contribution in [0.4, 0.5) is 15.3 Å². The van der Waals surface area contributed by atoms with E-state index in [1.54, 1.807) is 22.1 Å². The number of benzene rings is 1. The Balaban J connectivity index is 1.47. The summed E-state index contributed by atoms with van der Waals surface area (Å²) in [6.45, 7) is 6.62. The highest BCUT2D eigenvalue weighted by Crippen LogP contribution is 2.36. The Kier molecular flexibility index (Phi) is 5.37. The normalized spacial score (nSPS) is 11.8. The summed E-state index contributed by atoms with van der Waals surface area (Å²) >= 11 is 9.20. The molecule has 0 amide bonds. The van der Waals surface area contributed by atoms with E-state index in [9.17, 15) is 4.39 Å². The summed E-state index contributed by atoms with van der Waals surface area (Å²) < 4.78 is 14.9. The second-order valence-electron chi connectivity index (χ2n) is 7.09. The maximum Gasteiger partial charge on any atom is 0.211 e. The number of hydrogen-bond donors (Lipinski definition) is 1. The molecule has 0 spiro atoms. The minimum atomic E-state index is -0.357. The molecule has 0 fully saturated rings. The van der Waals surface area contributed by atoms with E-state index in [2.05, 4.69) is 39.4 Å². The molecule has 0 aliphatic carbocycles. The number of rotatable bonds is 6. The van der Waals surface area contributed by atoms with Crippen LogP contribution in [0, 0.1) is 12.7 Å². The number of hydrogen-bond acceptors (Lipinski definition) is 7. The van der Waals surface area contributed by atoms with Crippen molar-refractivity contribution < 1.29 is 4.39 Å². The first-order valence-corrected chi connectivity index (χ1v) is 10.9. The van der Waals surface area contributed by atoms with Crippen molar-refractivity contribution in [3.63, 3.8) is 0 Å². The van der Waals surface area contributed by atoms with Gasteiger partial charge in [-0.05, 0) is 38.5 Å². The van der Waals surface area contributed by atoms with Crippen molar-refractivity contribution >= 4 is 45.2 Å². The van der Waals surface area contributed by atoms with Gasteiger partial charge in [-0.2, -0.15) is 5.10 Å². The van der Waals surface area contributed by atoms with Crippen LogP contribution >= 0.6 is 34.3 Å². The second-order valence-corrected chi connectivity index (χ2v) is 9.33. The highest BCUT2D eigenvalue weighted by molar-refractivity contribution is 7.15. The Morgan fingerprint density at radius 2 is 2.03 bits per heavy atom. The van der Waals surface area contributed by atoms with Gasteiger partial charge in [-0.25, -0.2) is 9.37 Å². The number of halogens is 2. The van der Waals surface area contributed by atoms with Gasteiger partial charge < -0.3 is 5.32 Å². The first-order chi connectivity index (χ1) is 13.8. The van der Waals surface area contributed by atoms with Gasteiger partial charge in [0.25, 0.3) is 0 Å². The van der Waals surface area contributed by atoms with Crippen LogP contribution < -0.4 is 5.32 Å². The number of nitrogens with zero attached hydrogens (tertiary/aromatic N) is 5. The minimum absolute atomic E-state index is 0.310. The molecule has 1 N–H and O–H groups in total. The molecule has 0 atom stereocenters. The quantitative estimate of drug-likeness (QED) is 0.427. The zero-order valence-electron chi connectivity index (χ0n) is 16.0. The van der Waals surface area contributed by atoms with E-state index < -0.39 is 0 Å². The molecule has 0 saturated heterocycles. The number of anilines is 2. The summed E-state index contributed by atoms with van der Waals surface area (Å²) in [7, 11) is 0. The molecule has 0 aliphatic rings. The fraction of sp³-hybridized carbons (Fsp3) is 0.263. The van der Waals surface area contributed by atoms with Crippen LogP contribution in [-0.2, 0) is 12.0 Å². The predicted molar refractivity (Wildman–Crippen MR) is 115 cm³/mol. The molecule has 0 radical (unpaired) electrons. The van der Waals surface area contributed by atoms with Crippen LogP contribution in [0.1, 0.15) is 35.1 Å². The molecule has 4 rings (SSSR count). The summed E-state index contributed by atoms with van der Waals surface area (Å²) in [5.74, 6) is 0.290. The van der Waals surface area contributed by atoms with Crippen LogP contribution in [0.15, 0.2) is 35.8 Å². The monoisotopic (exact) mass is 448 g/mol. The fourth-order valence-corrected chi connectivity index (χ4v) is 4.78. The molecule has 29 heavy (non-hydrogen) atoms. The SMILES string of the molecule is Cc1csc(C(C)(C)c2nnc(Nc3ccn(Cc4ccc(F)cc4Cl)n3)s2)n1. The lowest BCUT2D eigenvalue weighted by atomic mass is 9.96. The number of aromatic nitrogens is 5. The average Bonchev–Trinajstić information content (AvgIpc) is 3.40. The Morgan fingerprint density at radius 3 is 2.76 bits per heavy atom. The summed E-state index contributed by atoms with van der Waals surface area (Å²) in [5.41, 5.74) is 1.49. The van der Waals surface area contributed by atoms with Crippen LogP contribution in [0.2, 0.25) is 5.02 Å². The Labute approximate surface area is 180 Å². The number of nitrogens with one attached hydrogen (secondary N) is 1. The molecule has 3 aromatic heterocycles. The smallest absolute Gasteiger partial charge is 0.211 e. The summed E-state index contributed by atoms with van der Waals surface area (Å²) in [6, 6.07) is 6.19. The predicted octanol–water partition coefficient (Wildman–Crippen LogP) is 5.41. The summed E-state index contributed by atoms with van der Waals surface area (Å²) in [6.07, 6.45) is 1.83. The Hall–Kier alpha value is -2.36. The minimum Gasteiger partial charge on any atom is -0.313 e. The molecule has 0 aliphatic heterocycles. The molecule has 4 aromatic rings. The Bertz CT molecular complexity index is 1150. The van der Waals surface area contributed by atoms with Crippen molar-refractivity contribution in [1.82, 2.24) is 25.0 Å². The van der Waals surface area contributed by atoms with E-state index in [1.165, 1.54) is 23.5 Å². The molecule has 10 heteroatoms. The van der Waals surface area contributed by atoms with Crippen LogP contribution in [0.3, 0.4) is 0 Å². The molecule has 0 unspecified atom stereocenters. The summed E-state index contributed by atoms with van der Waals surface area (Å²) in [5, 5.41) is 21.2. The van der Waals surface area contributed by atoms with Gasteiger partial charge in [0.2, 0.25) is 5.13 Å². The molecule has 150 valence electrons. The lowest BCUT2D eigenvalue weighted by Crippen LogP contribution is -2.18. The van der Waals surface area contributed by atoms with Gasteiger partial charge >= 0.3 is 0 Å². The maximum atomic E-state index is 13.2. The van der Waals surface area contributed by atoms with Crippen molar-refractivity contribution in [1.29, 1.82) is 0 Å². The van der Waals surface area contributed by atoms with Gasteiger partial charge in [0.1, 0.15) is 15.8 Å². The van der Waals surface area contributed by atoms with Crippen molar-refractivity contribution in [3.8, 4) is 0 Å². The first kappa shape index (κ1) is 19.9. The molecular weight excluding hydrogens is 431 g/mol. The van der Waals surface area contributed by atoms with Gasteiger partial charge in [0, 0.05) is 28.4 Å². The molecule has 6 nitrogen and oxygen atoms in total. The van der Waals surface area contributed by atoms with E-state index in [4.69, 9.17) is 11.6 Å². The average molecular weight is 449 g/mol. The zero-order chi connectivity index (χ0) is 20.6. The van der Waals surface area contributed by atoms with E-state index in [1.807, 2.05) is 24.6 Å². The van der Waals surface area contributed by atoms with Crippen LogP contribution in [0.25, 0.3) is 0 Å². The van der Waals surface area contributed by atoms with Crippen LogP contribution in [-0.4, -0.2) is 25.0 Å². The van der Waals surface area contributed by atoms with E-state index >= 15 is 0 Å². The van der Waals surface area contributed by atoms with Gasteiger partial charge in [-0.3, -0.25) is 4.68 Å². The standard InChI is InChI=1S/C19H18ClFN6S2/c1-11-10-28-16(22-11)19(2,3)17-24-25-18(29-17)23-15-6-7-27(26-15)9-12-4-5-13(21)8-14(12)20/h4-8,10H,9H2,1-3H3,(H,23,25,26). The van der Waals surface area contributed by atoms with Crippen molar-refractivity contribution in [2.24, 2.45) is 0 Å². The third kappa shape index (κ3) is 4.31. The largest absolute Gasteiger partial charge is 0.313 e. The highest BCUT2D eigenvalue weighted by Gasteiger charge is 2.30. The third-order valence-corrected chi connectivity index (χ3v) is 7.13. The lowest BCUT2D eigenvalue weighted by molar-refractivity contribution is 0.619. The number of aryl methyl sites for hydroxylation is 1. The molecular formula is C19H18ClFN6S2. The van der Waals surface area contributed by atoms with Gasteiger partial charge in [0.15, 0.2) is 5.82 Å². The number of thiazole rings is 1.